The van der Waals surface area contributed by atoms with Crippen LogP contribution in [-0.4, -0.2) is 31.8 Å². The van der Waals surface area contributed by atoms with Gasteiger partial charge in [0.05, 0.1) is 22.4 Å². The summed E-state index contributed by atoms with van der Waals surface area (Å²) in [5, 5.41) is 2.19. The molecule has 1 aliphatic rings. The average molecular weight is 570 g/mol. The fraction of sp³-hybridized carbons (Fsp3) is 0.0270. The van der Waals surface area contributed by atoms with Gasteiger partial charge in [-0.2, -0.15) is 0 Å². The van der Waals surface area contributed by atoms with Gasteiger partial charge in [0, 0.05) is 58.6 Å². The molecule has 0 unspecified atom stereocenters. The van der Waals surface area contributed by atoms with Crippen LogP contribution in [0.25, 0.3) is 50.0 Å². The first kappa shape index (κ1) is 25.6. The molecule has 0 fully saturated rings. The lowest BCUT2D eigenvalue weighted by molar-refractivity contribution is 0.962. The Bertz CT molecular complexity index is 2260. The normalized spacial score (nSPS) is 12.8. The molecule has 0 amide bonds. The van der Waals surface area contributed by atoms with Crippen molar-refractivity contribution < 1.29 is 0 Å². The highest BCUT2D eigenvalue weighted by Crippen LogP contribution is 2.54. The largest absolute Gasteiger partial charge is 0.308 e. The summed E-state index contributed by atoms with van der Waals surface area (Å²) in [5.74, 6) is 1.15. The van der Waals surface area contributed by atoms with E-state index in [0.29, 0.717) is 11.9 Å². The number of allylic oxidation sites excluding steroid dienone is 1. The zero-order chi connectivity index (χ0) is 29.6. The molecule has 0 spiro atoms. The Balaban J connectivity index is 1.50. The predicted molar refractivity (Wildman–Crippen MR) is 181 cm³/mol. The van der Waals surface area contributed by atoms with Crippen molar-refractivity contribution in [3.63, 3.8) is 0 Å². The standard InChI is InChI=1S/C37H27N7/c1-3-18-39-36(38-2)43-21-16-25-23-31-28-13-8-7-12-27(28)29-14-15-32-30(17-22-42(32)37-40-19-9-20-41-37)35(29)44(34(31)24-33(25)43)26-10-5-4-6-11-26/h3-24H,2H2,1H3/b18-3-,39-36+. The van der Waals surface area contributed by atoms with Gasteiger partial charge in [-0.15, -0.1) is 0 Å². The van der Waals surface area contributed by atoms with E-state index in [-0.39, 0.29) is 0 Å². The maximum absolute atomic E-state index is 4.55. The van der Waals surface area contributed by atoms with E-state index in [4.69, 9.17) is 0 Å². The molecule has 0 radical (unpaired) electrons. The molecule has 0 aliphatic carbocycles. The van der Waals surface area contributed by atoms with Crippen molar-refractivity contribution in [3.8, 4) is 28.2 Å². The third-order valence-electron chi connectivity index (χ3n) is 8.10. The zero-order valence-electron chi connectivity index (χ0n) is 24.0. The summed E-state index contributed by atoms with van der Waals surface area (Å²) in [6, 6.07) is 34.2. The number of rotatable bonds is 3. The van der Waals surface area contributed by atoms with Crippen LogP contribution < -0.4 is 4.90 Å². The van der Waals surface area contributed by atoms with Gasteiger partial charge in [0.1, 0.15) is 0 Å². The lowest BCUT2D eigenvalue weighted by Gasteiger charge is -2.28. The van der Waals surface area contributed by atoms with Crippen molar-refractivity contribution >= 4 is 51.5 Å². The number of hydrogen-bond donors (Lipinski definition) is 0. The molecule has 0 saturated heterocycles. The molecule has 7 heteroatoms. The third-order valence-corrected chi connectivity index (χ3v) is 8.10. The Kier molecular flexibility index (Phi) is 6.01. The lowest BCUT2D eigenvalue weighted by Crippen LogP contribution is -2.12. The summed E-state index contributed by atoms with van der Waals surface area (Å²) < 4.78 is 4.04. The van der Waals surface area contributed by atoms with Crippen LogP contribution in [0.2, 0.25) is 0 Å². The van der Waals surface area contributed by atoms with Crippen LogP contribution in [0, 0.1) is 0 Å². The molecule has 4 aromatic carbocycles. The van der Waals surface area contributed by atoms with E-state index in [9.17, 15) is 0 Å². The van der Waals surface area contributed by atoms with Gasteiger partial charge < -0.3 is 4.90 Å². The van der Waals surface area contributed by atoms with Crippen LogP contribution in [0.4, 0.5) is 17.1 Å². The number of fused-ring (bicyclic) bond motifs is 8. The van der Waals surface area contributed by atoms with Crippen LogP contribution in [0.15, 0.2) is 144 Å². The summed E-state index contributed by atoms with van der Waals surface area (Å²) in [7, 11) is 0. The molecule has 8 rings (SSSR count). The molecule has 0 saturated carbocycles. The summed E-state index contributed by atoms with van der Waals surface area (Å²) in [4.78, 5) is 20.3. The van der Waals surface area contributed by atoms with Crippen LogP contribution in [0.3, 0.4) is 0 Å². The minimum absolute atomic E-state index is 0.515. The Morgan fingerprint density at radius 2 is 1.52 bits per heavy atom. The minimum atomic E-state index is 0.515. The molecule has 210 valence electrons. The minimum Gasteiger partial charge on any atom is -0.308 e. The van der Waals surface area contributed by atoms with E-state index in [1.807, 2.05) is 34.4 Å². The van der Waals surface area contributed by atoms with E-state index in [2.05, 4.69) is 129 Å². The monoisotopic (exact) mass is 569 g/mol. The van der Waals surface area contributed by atoms with Crippen LogP contribution in [0.1, 0.15) is 6.92 Å². The smallest absolute Gasteiger partial charge is 0.234 e. The third kappa shape index (κ3) is 3.90. The summed E-state index contributed by atoms with van der Waals surface area (Å²) in [6.45, 7) is 5.74. The Hall–Kier alpha value is -6.08. The number of hydrogen-bond acceptors (Lipinski definition) is 4. The molecular formula is C37H27N7. The van der Waals surface area contributed by atoms with Gasteiger partial charge >= 0.3 is 0 Å². The number of benzene rings is 4. The van der Waals surface area contributed by atoms with Gasteiger partial charge in [-0.25, -0.2) is 20.0 Å². The molecule has 3 aromatic heterocycles. The highest BCUT2D eigenvalue weighted by molar-refractivity contribution is 6.13. The fourth-order valence-corrected chi connectivity index (χ4v) is 6.23. The van der Waals surface area contributed by atoms with Crippen LogP contribution in [0.5, 0.6) is 0 Å². The second kappa shape index (κ2) is 10.3. The first-order chi connectivity index (χ1) is 21.8. The highest BCUT2D eigenvalue weighted by atomic mass is 15.2. The molecular weight excluding hydrogens is 542 g/mol. The molecule has 44 heavy (non-hydrogen) atoms. The Labute approximate surface area is 254 Å². The van der Waals surface area contributed by atoms with Crippen molar-refractivity contribution in [2.75, 3.05) is 4.90 Å². The number of para-hydroxylation sites is 1. The molecule has 0 bridgehead atoms. The molecule has 7 aromatic rings. The number of aliphatic imine (C=N–C) groups is 2. The second-order valence-corrected chi connectivity index (χ2v) is 10.5. The maximum atomic E-state index is 4.55. The maximum Gasteiger partial charge on any atom is 0.234 e. The Morgan fingerprint density at radius 1 is 0.750 bits per heavy atom. The van der Waals surface area contributed by atoms with Gasteiger partial charge in [-0.05, 0) is 73.3 Å². The Morgan fingerprint density at radius 3 is 2.30 bits per heavy atom. The van der Waals surface area contributed by atoms with Crippen molar-refractivity contribution in [1.29, 1.82) is 0 Å². The van der Waals surface area contributed by atoms with Gasteiger partial charge in [-0.1, -0.05) is 54.6 Å². The van der Waals surface area contributed by atoms with E-state index in [1.54, 1.807) is 18.6 Å². The number of anilines is 3. The van der Waals surface area contributed by atoms with E-state index < -0.39 is 0 Å². The van der Waals surface area contributed by atoms with Gasteiger partial charge in [-0.3, -0.25) is 9.13 Å². The summed E-state index contributed by atoms with van der Waals surface area (Å²) >= 11 is 0. The average Bonchev–Trinajstić information content (AvgIpc) is 3.68. The highest BCUT2D eigenvalue weighted by Gasteiger charge is 2.29. The summed E-state index contributed by atoms with van der Waals surface area (Å²) in [6.07, 6.45) is 11.2. The first-order valence-corrected chi connectivity index (χ1v) is 14.4. The SMILES string of the molecule is C=N/C(=N\C=C/C)n1ccc2cc3c(cc21)N(c1ccccc1)c1c(ccc2c1ccn2-c1ncccn1)-c1ccccc1-3. The number of aromatic nitrogens is 4. The second-order valence-electron chi connectivity index (χ2n) is 10.5. The molecule has 0 atom stereocenters. The van der Waals surface area contributed by atoms with Crippen molar-refractivity contribution in [1.82, 2.24) is 19.1 Å². The predicted octanol–water partition coefficient (Wildman–Crippen LogP) is 8.93. The van der Waals surface area contributed by atoms with Crippen molar-refractivity contribution in [2.24, 2.45) is 9.98 Å². The lowest BCUT2D eigenvalue weighted by atomic mass is 9.93. The van der Waals surface area contributed by atoms with E-state index in [0.717, 1.165) is 50.0 Å². The molecule has 4 heterocycles. The molecule has 1 aliphatic heterocycles. The summed E-state index contributed by atoms with van der Waals surface area (Å²) in [5.41, 5.74) is 9.86. The number of nitrogens with zero attached hydrogens (tertiary/aromatic N) is 7. The molecule has 7 nitrogen and oxygen atoms in total. The van der Waals surface area contributed by atoms with Gasteiger partial charge in [0.25, 0.3) is 0 Å². The topological polar surface area (TPSA) is 63.6 Å². The van der Waals surface area contributed by atoms with Crippen LogP contribution >= 0.6 is 0 Å². The quantitative estimate of drug-likeness (QED) is 0.158. The van der Waals surface area contributed by atoms with Gasteiger partial charge in [0.15, 0.2) is 0 Å². The first-order valence-electron chi connectivity index (χ1n) is 14.4. The van der Waals surface area contributed by atoms with E-state index >= 15 is 0 Å². The zero-order valence-corrected chi connectivity index (χ0v) is 24.0. The van der Waals surface area contributed by atoms with E-state index in [1.165, 1.54) is 11.1 Å². The van der Waals surface area contributed by atoms with Crippen LogP contribution in [-0.2, 0) is 0 Å². The molecule has 0 N–H and O–H groups in total. The van der Waals surface area contributed by atoms with Gasteiger partial charge in [0.2, 0.25) is 11.9 Å². The van der Waals surface area contributed by atoms with Crippen molar-refractivity contribution in [2.45, 2.75) is 6.92 Å². The van der Waals surface area contributed by atoms with Crippen molar-refractivity contribution in [3.05, 3.63) is 134 Å². The fourth-order valence-electron chi connectivity index (χ4n) is 6.23.